The summed E-state index contributed by atoms with van der Waals surface area (Å²) in [5, 5.41) is 13.2. The molecule has 0 bridgehead atoms. The molecule has 0 amide bonds. The highest BCUT2D eigenvalue weighted by molar-refractivity contribution is 7.98. The second-order valence-electron chi connectivity index (χ2n) is 5.99. The molecule has 0 radical (unpaired) electrons. The molecule has 0 aliphatic rings. The molecule has 6 nitrogen and oxygen atoms in total. The van der Waals surface area contributed by atoms with Crippen LogP contribution in [-0.4, -0.2) is 24.7 Å². The van der Waals surface area contributed by atoms with Crippen LogP contribution in [0.25, 0.3) is 17.0 Å². The van der Waals surface area contributed by atoms with E-state index in [4.69, 9.17) is 4.52 Å². The summed E-state index contributed by atoms with van der Waals surface area (Å²) in [6.45, 7) is 4.35. The molecule has 0 aliphatic heterocycles. The Labute approximate surface area is 149 Å². The largest absolute Gasteiger partial charge is 0.338 e. The van der Waals surface area contributed by atoms with Crippen LogP contribution in [0.4, 0.5) is 0 Å². The SMILES string of the molecule is CC(C)c1ccc(-c2noc(CSc3nnc4ccccn34)n2)cc1. The quantitative estimate of drug-likeness (QED) is 0.502. The van der Waals surface area contributed by atoms with E-state index in [1.165, 1.54) is 17.3 Å². The van der Waals surface area contributed by atoms with Crippen molar-refractivity contribution in [3.8, 4) is 11.4 Å². The Kier molecular flexibility index (Phi) is 4.23. The molecule has 0 spiro atoms. The lowest BCUT2D eigenvalue weighted by Gasteiger charge is -2.04. The van der Waals surface area contributed by atoms with Crippen LogP contribution in [0, 0.1) is 0 Å². The molecule has 3 aromatic heterocycles. The molecule has 1 aromatic carbocycles. The maximum atomic E-state index is 5.37. The van der Waals surface area contributed by atoms with Crippen LogP contribution >= 0.6 is 11.8 Å². The minimum absolute atomic E-state index is 0.504. The average molecular weight is 351 g/mol. The van der Waals surface area contributed by atoms with Crippen molar-refractivity contribution in [1.82, 2.24) is 24.7 Å². The maximum Gasteiger partial charge on any atom is 0.237 e. The first-order chi connectivity index (χ1) is 12.2. The summed E-state index contributed by atoms with van der Waals surface area (Å²) in [5.74, 6) is 2.23. The smallest absolute Gasteiger partial charge is 0.237 e. The average Bonchev–Trinajstić information content (AvgIpc) is 3.27. The molecular formula is C18H17N5OS. The molecule has 0 aliphatic carbocycles. The molecule has 4 aromatic rings. The van der Waals surface area contributed by atoms with Gasteiger partial charge >= 0.3 is 0 Å². The third kappa shape index (κ3) is 3.28. The number of pyridine rings is 1. The van der Waals surface area contributed by atoms with Gasteiger partial charge in [-0.3, -0.25) is 4.40 Å². The van der Waals surface area contributed by atoms with Crippen LogP contribution < -0.4 is 0 Å². The lowest BCUT2D eigenvalue weighted by molar-refractivity contribution is 0.391. The van der Waals surface area contributed by atoms with Gasteiger partial charge < -0.3 is 4.52 Å². The minimum atomic E-state index is 0.504. The van der Waals surface area contributed by atoms with Crippen LogP contribution in [0.3, 0.4) is 0 Å². The van der Waals surface area contributed by atoms with Gasteiger partial charge in [-0.05, 0) is 23.6 Å². The van der Waals surface area contributed by atoms with E-state index in [0.717, 1.165) is 16.4 Å². The van der Waals surface area contributed by atoms with Crippen molar-refractivity contribution in [2.45, 2.75) is 30.7 Å². The monoisotopic (exact) mass is 351 g/mol. The van der Waals surface area contributed by atoms with Gasteiger partial charge in [0.2, 0.25) is 11.7 Å². The fraction of sp³-hybridized carbons (Fsp3) is 0.222. The lowest BCUT2D eigenvalue weighted by atomic mass is 10.0. The number of benzene rings is 1. The van der Waals surface area contributed by atoms with E-state index in [0.29, 0.717) is 23.4 Å². The normalized spacial score (nSPS) is 11.5. The molecule has 0 fully saturated rings. The third-order valence-electron chi connectivity index (χ3n) is 3.91. The van der Waals surface area contributed by atoms with E-state index >= 15 is 0 Å². The van der Waals surface area contributed by atoms with Crippen LogP contribution in [-0.2, 0) is 5.75 Å². The number of hydrogen-bond donors (Lipinski definition) is 0. The second-order valence-corrected chi connectivity index (χ2v) is 6.93. The Morgan fingerprint density at radius 1 is 1.08 bits per heavy atom. The van der Waals surface area contributed by atoms with Crippen molar-refractivity contribution in [3.05, 3.63) is 60.1 Å². The highest BCUT2D eigenvalue weighted by atomic mass is 32.2. The van der Waals surface area contributed by atoms with Crippen LogP contribution in [0.15, 0.2) is 58.3 Å². The Morgan fingerprint density at radius 3 is 2.72 bits per heavy atom. The van der Waals surface area contributed by atoms with Gasteiger partial charge in [0.25, 0.3) is 0 Å². The summed E-state index contributed by atoms with van der Waals surface area (Å²) in [5.41, 5.74) is 3.07. The molecular weight excluding hydrogens is 334 g/mol. The molecule has 126 valence electrons. The first-order valence-corrected chi connectivity index (χ1v) is 9.05. The molecule has 7 heteroatoms. The maximum absolute atomic E-state index is 5.37. The van der Waals surface area contributed by atoms with Crippen LogP contribution in [0.2, 0.25) is 0 Å². The number of thioether (sulfide) groups is 1. The van der Waals surface area contributed by atoms with Gasteiger partial charge in [0.1, 0.15) is 0 Å². The van der Waals surface area contributed by atoms with Gasteiger partial charge in [-0.2, -0.15) is 4.98 Å². The summed E-state index contributed by atoms with van der Waals surface area (Å²) in [6, 6.07) is 14.1. The standard InChI is InChI=1S/C18H17N5OS/c1-12(2)13-6-8-14(9-7-13)17-19-16(24-22-17)11-25-18-21-20-15-5-3-4-10-23(15)18/h3-10,12H,11H2,1-2H3. The van der Waals surface area contributed by atoms with Gasteiger partial charge in [-0.1, -0.05) is 61.1 Å². The molecule has 4 rings (SSSR count). The number of rotatable bonds is 5. The Hall–Kier alpha value is -2.67. The summed E-state index contributed by atoms with van der Waals surface area (Å²) in [6.07, 6.45) is 1.94. The molecule has 0 saturated carbocycles. The fourth-order valence-electron chi connectivity index (χ4n) is 2.49. The summed E-state index contributed by atoms with van der Waals surface area (Å²) < 4.78 is 7.30. The Bertz CT molecular complexity index is 990. The number of nitrogens with zero attached hydrogens (tertiary/aromatic N) is 5. The molecule has 0 saturated heterocycles. The lowest BCUT2D eigenvalue weighted by Crippen LogP contribution is -1.89. The number of fused-ring (bicyclic) bond motifs is 1. The zero-order valence-corrected chi connectivity index (χ0v) is 14.8. The first-order valence-electron chi connectivity index (χ1n) is 8.06. The zero-order chi connectivity index (χ0) is 17.2. The van der Waals surface area contributed by atoms with Gasteiger partial charge in [-0.25, -0.2) is 0 Å². The predicted molar refractivity (Wildman–Crippen MR) is 96.4 cm³/mol. The zero-order valence-electron chi connectivity index (χ0n) is 14.0. The van der Waals surface area contributed by atoms with Gasteiger partial charge in [-0.15, -0.1) is 10.2 Å². The molecule has 0 atom stereocenters. The number of hydrogen-bond acceptors (Lipinski definition) is 6. The van der Waals surface area contributed by atoms with Crippen LogP contribution in [0.1, 0.15) is 31.2 Å². The molecule has 0 N–H and O–H groups in total. The van der Waals surface area contributed by atoms with E-state index in [9.17, 15) is 0 Å². The highest BCUT2D eigenvalue weighted by Crippen LogP contribution is 2.24. The summed E-state index contributed by atoms with van der Waals surface area (Å²) in [4.78, 5) is 4.48. The summed E-state index contributed by atoms with van der Waals surface area (Å²) in [7, 11) is 0. The van der Waals surface area contributed by atoms with E-state index in [-0.39, 0.29) is 0 Å². The molecule has 0 unspecified atom stereocenters. The van der Waals surface area contributed by atoms with Crippen molar-refractivity contribution in [3.63, 3.8) is 0 Å². The Morgan fingerprint density at radius 2 is 1.92 bits per heavy atom. The van der Waals surface area contributed by atoms with Gasteiger partial charge in [0.05, 0.1) is 5.75 Å². The van der Waals surface area contributed by atoms with Gasteiger partial charge in [0, 0.05) is 11.8 Å². The van der Waals surface area contributed by atoms with Crippen molar-refractivity contribution >= 4 is 17.4 Å². The molecule has 3 heterocycles. The highest BCUT2D eigenvalue weighted by Gasteiger charge is 2.12. The fourth-order valence-corrected chi connectivity index (χ4v) is 3.25. The number of aromatic nitrogens is 5. The third-order valence-corrected chi connectivity index (χ3v) is 4.84. The predicted octanol–water partition coefficient (Wildman–Crippen LogP) is 4.20. The van der Waals surface area contributed by atoms with Crippen molar-refractivity contribution in [2.75, 3.05) is 0 Å². The van der Waals surface area contributed by atoms with Crippen LogP contribution in [0.5, 0.6) is 0 Å². The Balaban J connectivity index is 1.48. The first kappa shape index (κ1) is 15.8. The molecule has 25 heavy (non-hydrogen) atoms. The van der Waals surface area contributed by atoms with E-state index < -0.39 is 0 Å². The van der Waals surface area contributed by atoms with Crippen molar-refractivity contribution in [2.24, 2.45) is 0 Å². The van der Waals surface area contributed by atoms with E-state index in [1.54, 1.807) is 0 Å². The van der Waals surface area contributed by atoms with Gasteiger partial charge in [0.15, 0.2) is 10.8 Å². The topological polar surface area (TPSA) is 69.1 Å². The van der Waals surface area contributed by atoms with E-state index in [1.807, 2.05) is 40.9 Å². The van der Waals surface area contributed by atoms with Crippen molar-refractivity contribution in [1.29, 1.82) is 0 Å². The van der Waals surface area contributed by atoms with E-state index in [2.05, 4.69) is 46.3 Å². The minimum Gasteiger partial charge on any atom is -0.338 e. The van der Waals surface area contributed by atoms with Crippen molar-refractivity contribution < 1.29 is 4.52 Å². The second kappa shape index (κ2) is 6.68. The summed E-state index contributed by atoms with van der Waals surface area (Å²) >= 11 is 1.52.